The van der Waals surface area contributed by atoms with Crippen molar-refractivity contribution in [2.75, 3.05) is 7.05 Å². The fourth-order valence-electron chi connectivity index (χ4n) is 4.18. The van der Waals surface area contributed by atoms with Crippen LogP contribution in [0.25, 0.3) is 10.8 Å². The van der Waals surface area contributed by atoms with Crippen molar-refractivity contribution in [3.8, 4) is 0 Å². The first-order valence-corrected chi connectivity index (χ1v) is 7.61. The molecule has 0 saturated carbocycles. The van der Waals surface area contributed by atoms with Crippen LogP contribution in [0.4, 0.5) is 0 Å². The van der Waals surface area contributed by atoms with Gasteiger partial charge in [0.1, 0.15) is 0 Å². The van der Waals surface area contributed by atoms with Gasteiger partial charge in [0.2, 0.25) is 0 Å². The topological polar surface area (TPSA) is 23.5 Å². The van der Waals surface area contributed by atoms with E-state index in [4.69, 9.17) is 0 Å². The van der Waals surface area contributed by atoms with Crippen LogP contribution in [0.15, 0.2) is 42.5 Å². The van der Waals surface area contributed by atoms with Crippen LogP contribution < -0.4 is 0 Å². The summed E-state index contributed by atoms with van der Waals surface area (Å²) in [6, 6.07) is 16.3. The van der Waals surface area contributed by atoms with Gasteiger partial charge in [-0.3, -0.25) is 4.90 Å². The molecule has 2 aliphatic heterocycles. The third-order valence-corrected chi connectivity index (χ3v) is 5.38. The Labute approximate surface area is 120 Å². The Morgan fingerprint density at radius 1 is 1.00 bits per heavy atom. The third-order valence-electron chi connectivity index (χ3n) is 5.38. The summed E-state index contributed by atoms with van der Waals surface area (Å²) >= 11 is 0. The molecule has 0 radical (unpaired) electrons. The van der Waals surface area contributed by atoms with Crippen LogP contribution in [-0.4, -0.2) is 35.2 Å². The molecule has 4 rings (SSSR count). The fraction of sp³-hybridized carbons (Fsp3) is 0.444. The van der Waals surface area contributed by atoms with E-state index in [0.29, 0.717) is 18.0 Å². The van der Waals surface area contributed by atoms with E-state index in [1.165, 1.54) is 22.8 Å². The van der Waals surface area contributed by atoms with Crippen LogP contribution in [0.2, 0.25) is 0 Å². The predicted octanol–water partition coefficient (Wildman–Crippen LogP) is 3.15. The van der Waals surface area contributed by atoms with Crippen molar-refractivity contribution >= 4 is 10.8 Å². The molecule has 0 aliphatic carbocycles. The molecule has 2 aromatic rings. The second-order valence-corrected chi connectivity index (χ2v) is 6.46. The lowest BCUT2D eigenvalue weighted by Gasteiger charge is -2.36. The molecule has 0 aromatic heterocycles. The highest BCUT2D eigenvalue weighted by Gasteiger charge is 2.44. The minimum absolute atomic E-state index is 0.129. The number of nitrogens with zero attached hydrogens (tertiary/aromatic N) is 1. The standard InChI is InChI=1S/C18H21NO/c1-19-16-9-15(10-17(19)18(20)11-16)14-7-6-12-4-2-3-5-13(12)8-14/h2-8,15-18,20H,9-11H2,1H3/t15-,16-,17-,18-/m1/s1. The summed E-state index contributed by atoms with van der Waals surface area (Å²) in [5.74, 6) is 0.600. The summed E-state index contributed by atoms with van der Waals surface area (Å²) in [5, 5.41) is 12.8. The summed E-state index contributed by atoms with van der Waals surface area (Å²) in [4.78, 5) is 2.39. The van der Waals surface area contributed by atoms with E-state index in [9.17, 15) is 5.11 Å². The number of aliphatic hydroxyl groups excluding tert-OH is 1. The molecule has 2 fully saturated rings. The Kier molecular flexibility index (Phi) is 2.83. The Morgan fingerprint density at radius 2 is 1.80 bits per heavy atom. The molecule has 2 bridgehead atoms. The van der Waals surface area contributed by atoms with Crippen molar-refractivity contribution in [3.63, 3.8) is 0 Å². The maximum absolute atomic E-state index is 10.2. The van der Waals surface area contributed by atoms with Crippen molar-refractivity contribution in [2.45, 2.75) is 43.4 Å². The molecule has 2 heterocycles. The summed E-state index contributed by atoms with van der Waals surface area (Å²) in [6.07, 6.45) is 3.09. The van der Waals surface area contributed by atoms with Crippen LogP contribution >= 0.6 is 0 Å². The second kappa shape index (κ2) is 4.57. The van der Waals surface area contributed by atoms with Gasteiger partial charge >= 0.3 is 0 Å². The molecular weight excluding hydrogens is 246 g/mol. The van der Waals surface area contributed by atoms with Crippen molar-refractivity contribution in [1.82, 2.24) is 4.90 Å². The second-order valence-electron chi connectivity index (χ2n) is 6.46. The number of hydrogen-bond donors (Lipinski definition) is 1. The first kappa shape index (κ1) is 12.4. The van der Waals surface area contributed by atoms with Crippen molar-refractivity contribution < 1.29 is 5.11 Å². The maximum Gasteiger partial charge on any atom is 0.0710 e. The number of likely N-dealkylation sites (N-methyl/N-ethyl adjacent to an activating group) is 1. The van der Waals surface area contributed by atoms with Gasteiger partial charge in [-0.15, -0.1) is 0 Å². The van der Waals surface area contributed by atoms with Gasteiger partial charge in [0.25, 0.3) is 0 Å². The summed E-state index contributed by atoms with van der Waals surface area (Å²) < 4.78 is 0. The molecule has 0 spiro atoms. The predicted molar refractivity (Wildman–Crippen MR) is 81.9 cm³/mol. The highest BCUT2D eigenvalue weighted by atomic mass is 16.3. The van der Waals surface area contributed by atoms with Gasteiger partial charge in [-0.05, 0) is 48.6 Å². The molecule has 2 nitrogen and oxygen atoms in total. The Balaban J connectivity index is 1.67. The lowest BCUT2D eigenvalue weighted by atomic mass is 9.84. The molecule has 0 amide bonds. The summed E-state index contributed by atoms with van der Waals surface area (Å²) in [6.45, 7) is 0. The number of aliphatic hydroxyl groups is 1. The minimum Gasteiger partial charge on any atom is -0.391 e. The smallest absolute Gasteiger partial charge is 0.0710 e. The summed E-state index contributed by atoms with van der Waals surface area (Å²) in [5.41, 5.74) is 1.45. The van der Waals surface area contributed by atoms with Gasteiger partial charge in [-0.2, -0.15) is 0 Å². The minimum atomic E-state index is -0.129. The first-order valence-electron chi connectivity index (χ1n) is 7.61. The molecule has 2 saturated heterocycles. The zero-order chi connectivity index (χ0) is 13.7. The van der Waals surface area contributed by atoms with Crippen molar-refractivity contribution in [2.24, 2.45) is 0 Å². The zero-order valence-corrected chi connectivity index (χ0v) is 11.9. The SMILES string of the molecule is CN1[C@@H]2C[C@@H](c3ccc4ccccc4c3)C[C@@H]1[C@H](O)C2. The summed E-state index contributed by atoms with van der Waals surface area (Å²) in [7, 11) is 2.17. The van der Waals surface area contributed by atoms with E-state index in [2.05, 4.69) is 54.4 Å². The molecule has 20 heavy (non-hydrogen) atoms. The molecular formula is C18H21NO. The van der Waals surface area contributed by atoms with Crippen LogP contribution in [0.1, 0.15) is 30.7 Å². The molecule has 2 aliphatic rings. The molecule has 1 N–H and O–H groups in total. The lowest BCUT2D eigenvalue weighted by molar-refractivity contribution is 0.0949. The number of hydrogen-bond acceptors (Lipinski definition) is 2. The van der Waals surface area contributed by atoms with Gasteiger partial charge in [-0.1, -0.05) is 42.5 Å². The average molecular weight is 267 g/mol. The largest absolute Gasteiger partial charge is 0.391 e. The first-order chi connectivity index (χ1) is 9.72. The van der Waals surface area contributed by atoms with Crippen LogP contribution in [0, 0.1) is 0 Å². The zero-order valence-electron chi connectivity index (χ0n) is 11.9. The number of benzene rings is 2. The highest BCUT2D eigenvalue weighted by molar-refractivity contribution is 5.83. The molecule has 2 heteroatoms. The highest BCUT2D eigenvalue weighted by Crippen LogP contribution is 2.42. The van der Waals surface area contributed by atoms with E-state index in [0.717, 1.165) is 12.8 Å². The molecule has 0 unspecified atom stereocenters. The van der Waals surface area contributed by atoms with E-state index in [-0.39, 0.29) is 6.10 Å². The van der Waals surface area contributed by atoms with Crippen LogP contribution in [0.3, 0.4) is 0 Å². The average Bonchev–Trinajstić information content (AvgIpc) is 2.64. The Hall–Kier alpha value is -1.38. The Morgan fingerprint density at radius 3 is 2.60 bits per heavy atom. The number of fused-ring (bicyclic) bond motifs is 3. The monoisotopic (exact) mass is 267 g/mol. The maximum atomic E-state index is 10.2. The van der Waals surface area contributed by atoms with E-state index in [1.54, 1.807) is 0 Å². The number of rotatable bonds is 1. The van der Waals surface area contributed by atoms with Gasteiger partial charge in [-0.25, -0.2) is 0 Å². The van der Waals surface area contributed by atoms with Crippen LogP contribution in [0.5, 0.6) is 0 Å². The van der Waals surface area contributed by atoms with E-state index < -0.39 is 0 Å². The van der Waals surface area contributed by atoms with Gasteiger partial charge < -0.3 is 5.11 Å². The normalized spacial score (nSPS) is 33.7. The third kappa shape index (κ3) is 1.87. The van der Waals surface area contributed by atoms with Gasteiger partial charge in [0, 0.05) is 12.1 Å². The van der Waals surface area contributed by atoms with Crippen molar-refractivity contribution in [3.05, 3.63) is 48.0 Å². The Bertz CT molecular complexity index is 638. The van der Waals surface area contributed by atoms with E-state index >= 15 is 0 Å². The van der Waals surface area contributed by atoms with Crippen LogP contribution in [-0.2, 0) is 0 Å². The molecule has 4 atom stereocenters. The van der Waals surface area contributed by atoms with E-state index in [1.807, 2.05) is 0 Å². The lowest BCUT2D eigenvalue weighted by Crippen LogP contribution is -2.41. The fourth-order valence-corrected chi connectivity index (χ4v) is 4.18. The quantitative estimate of drug-likeness (QED) is 0.858. The molecule has 2 aromatic carbocycles. The van der Waals surface area contributed by atoms with Gasteiger partial charge in [0.15, 0.2) is 0 Å². The molecule has 104 valence electrons. The van der Waals surface area contributed by atoms with Crippen molar-refractivity contribution in [1.29, 1.82) is 0 Å². The van der Waals surface area contributed by atoms with Gasteiger partial charge in [0.05, 0.1) is 6.10 Å². The number of piperidine rings is 1.